The Balaban J connectivity index is 1.67. The third kappa shape index (κ3) is 8.22. The van der Waals surface area contributed by atoms with Crippen LogP contribution in [-0.4, -0.2) is 75.8 Å². The van der Waals surface area contributed by atoms with E-state index in [2.05, 4.69) is 25.8 Å². The van der Waals surface area contributed by atoms with Crippen molar-refractivity contribution in [1.29, 1.82) is 0 Å². The van der Waals surface area contributed by atoms with Gasteiger partial charge in [-0.15, -0.1) is 0 Å². The molecule has 1 aliphatic rings. The summed E-state index contributed by atoms with van der Waals surface area (Å²) in [7, 11) is 0. The molecular formula is C19H29Cl2N5O2. The van der Waals surface area contributed by atoms with Gasteiger partial charge in [0.1, 0.15) is 0 Å². The van der Waals surface area contributed by atoms with E-state index in [1.807, 2.05) is 6.92 Å². The van der Waals surface area contributed by atoms with Crippen LogP contribution in [0.15, 0.2) is 23.2 Å². The van der Waals surface area contributed by atoms with Crippen LogP contribution >= 0.6 is 23.2 Å². The second kappa shape index (κ2) is 12.8. The van der Waals surface area contributed by atoms with E-state index < -0.39 is 0 Å². The molecule has 3 N–H and O–H groups in total. The van der Waals surface area contributed by atoms with Crippen LogP contribution in [0.4, 0.5) is 0 Å². The van der Waals surface area contributed by atoms with Crippen LogP contribution in [0.3, 0.4) is 0 Å². The molecule has 7 nitrogen and oxygen atoms in total. The quantitative estimate of drug-likeness (QED) is 0.317. The molecule has 0 spiro atoms. The molecule has 1 fully saturated rings. The SMILES string of the molecule is CCNC(=NCCCN1CCOCC1)NCCNC(=O)c1ccc(Cl)c(Cl)c1. The zero-order chi connectivity index (χ0) is 20.2. The maximum atomic E-state index is 12.1. The molecule has 0 radical (unpaired) electrons. The number of nitrogens with zero attached hydrogens (tertiary/aromatic N) is 2. The molecule has 0 atom stereocenters. The van der Waals surface area contributed by atoms with Crippen LogP contribution in [0.1, 0.15) is 23.7 Å². The first-order chi connectivity index (χ1) is 13.6. The molecular weight excluding hydrogens is 401 g/mol. The highest BCUT2D eigenvalue weighted by atomic mass is 35.5. The topological polar surface area (TPSA) is 78.0 Å². The van der Waals surface area contributed by atoms with E-state index in [9.17, 15) is 4.79 Å². The highest BCUT2D eigenvalue weighted by molar-refractivity contribution is 6.42. The van der Waals surface area contributed by atoms with Crippen molar-refractivity contribution in [2.24, 2.45) is 4.99 Å². The number of nitrogens with one attached hydrogen (secondary N) is 3. The largest absolute Gasteiger partial charge is 0.379 e. The smallest absolute Gasteiger partial charge is 0.251 e. The fourth-order valence-corrected chi connectivity index (χ4v) is 3.05. The van der Waals surface area contributed by atoms with Crippen molar-refractivity contribution in [3.63, 3.8) is 0 Å². The molecule has 2 rings (SSSR count). The molecule has 1 aromatic carbocycles. The van der Waals surface area contributed by atoms with Gasteiger partial charge in [-0.1, -0.05) is 23.2 Å². The standard InChI is InChI=1S/C19H29Cl2N5O2/c1-2-22-19(24-6-3-9-26-10-12-28-13-11-26)25-8-7-23-18(27)15-4-5-16(20)17(21)14-15/h4-5,14H,2-3,6-13H2,1H3,(H,23,27)(H2,22,24,25). The summed E-state index contributed by atoms with van der Waals surface area (Å²) in [6.45, 7) is 9.28. The van der Waals surface area contributed by atoms with Gasteiger partial charge in [0.15, 0.2) is 5.96 Å². The number of rotatable bonds is 9. The number of halogens is 2. The molecule has 1 heterocycles. The molecule has 1 aliphatic heterocycles. The lowest BCUT2D eigenvalue weighted by atomic mass is 10.2. The van der Waals surface area contributed by atoms with Crippen LogP contribution in [0, 0.1) is 0 Å². The fraction of sp³-hybridized carbons (Fsp3) is 0.579. The second-order valence-corrected chi connectivity index (χ2v) is 7.19. The van der Waals surface area contributed by atoms with Crippen molar-refractivity contribution in [3.05, 3.63) is 33.8 Å². The minimum absolute atomic E-state index is 0.187. The molecule has 156 valence electrons. The van der Waals surface area contributed by atoms with Gasteiger partial charge in [-0.3, -0.25) is 14.7 Å². The van der Waals surface area contributed by atoms with E-state index in [1.54, 1.807) is 18.2 Å². The number of guanidine groups is 1. The molecule has 0 aliphatic carbocycles. The van der Waals surface area contributed by atoms with E-state index in [0.717, 1.165) is 58.3 Å². The van der Waals surface area contributed by atoms with Gasteiger partial charge in [-0.25, -0.2) is 0 Å². The first kappa shape index (κ1) is 22.7. The highest BCUT2D eigenvalue weighted by Gasteiger charge is 2.09. The summed E-state index contributed by atoms with van der Waals surface area (Å²) < 4.78 is 5.36. The van der Waals surface area contributed by atoms with Crippen LogP contribution in [0.5, 0.6) is 0 Å². The second-order valence-electron chi connectivity index (χ2n) is 6.38. The van der Waals surface area contributed by atoms with Crippen molar-refractivity contribution in [3.8, 4) is 0 Å². The van der Waals surface area contributed by atoms with Crippen molar-refractivity contribution in [1.82, 2.24) is 20.9 Å². The lowest BCUT2D eigenvalue weighted by Gasteiger charge is -2.26. The fourth-order valence-electron chi connectivity index (χ4n) is 2.75. The van der Waals surface area contributed by atoms with E-state index >= 15 is 0 Å². The third-order valence-electron chi connectivity index (χ3n) is 4.24. The van der Waals surface area contributed by atoms with Crippen molar-refractivity contribution >= 4 is 35.1 Å². The van der Waals surface area contributed by atoms with E-state index in [-0.39, 0.29) is 5.91 Å². The Bertz CT molecular complexity index is 651. The summed E-state index contributed by atoms with van der Waals surface area (Å²) in [6, 6.07) is 4.83. The number of carbonyl (C=O) groups excluding carboxylic acids is 1. The molecule has 0 bridgehead atoms. The summed E-state index contributed by atoms with van der Waals surface area (Å²) in [5.41, 5.74) is 0.484. The minimum atomic E-state index is -0.187. The van der Waals surface area contributed by atoms with Gasteiger partial charge in [0, 0.05) is 51.4 Å². The van der Waals surface area contributed by atoms with Crippen molar-refractivity contribution in [2.45, 2.75) is 13.3 Å². The first-order valence-corrected chi connectivity index (χ1v) is 10.4. The average molecular weight is 430 g/mol. The summed E-state index contributed by atoms with van der Waals surface area (Å²) in [4.78, 5) is 19.1. The number of aliphatic imine (C=N–C) groups is 1. The summed E-state index contributed by atoms with van der Waals surface area (Å²) in [6.07, 6.45) is 1.00. The predicted octanol–water partition coefficient (Wildman–Crippen LogP) is 2.00. The number of benzene rings is 1. The van der Waals surface area contributed by atoms with Gasteiger partial charge in [0.25, 0.3) is 5.91 Å². The monoisotopic (exact) mass is 429 g/mol. The van der Waals surface area contributed by atoms with Crippen molar-refractivity contribution < 1.29 is 9.53 Å². The normalized spacial score (nSPS) is 15.3. The molecule has 1 aromatic rings. The molecule has 9 heteroatoms. The van der Waals surface area contributed by atoms with Crippen LogP contribution < -0.4 is 16.0 Å². The Morgan fingerprint density at radius 2 is 1.89 bits per heavy atom. The summed E-state index contributed by atoms with van der Waals surface area (Å²) >= 11 is 11.8. The summed E-state index contributed by atoms with van der Waals surface area (Å²) in [5, 5.41) is 10.1. The highest BCUT2D eigenvalue weighted by Crippen LogP contribution is 2.22. The summed E-state index contributed by atoms with van der Waals surface area (Å²) in [5.74, 6) is 0.570. The maximum Gasteiger partial charge on any atom is 0.251 e. The lowest BCUT2D eigenvalue weighted by Crippen LogP contribution is -2.41. The van der Waals surface area contributed by atoms with Gasteiger partial charge < -0.3 is 20.7 Å². The van der Waals surface area contributed by atoms with E-state index in [0.29, 0.717) is 28.7 Å². The number of carbonyl (C=O) groups is 1. The minimum Gasteiger partial charge on any atom is -0.379 e. The van der Waals surface area contributed by atoms with Crippen LogP contribution in [0.25, 0.3) is 0 Å². The average Bonchev–Trinajstić information content (AvgIpc) is 2.71. The molecule has 28 heavy (non-hydrogen) atoms. The number of hydrogen-bond donors (Lipinski definition) is 3. The lowest BCUT2D eigenvalue weighted by molar-refractivity contribution is 0.0377. The van der Waals surface area contributed by atoms with E-state index in [1.165, 1.54) is 0 Å². The first-order valence-electron chi connectivity index (χ1n) is 9.65. The number of amides is 1. The van der Waals surface area contributed by atoms with Crippen LogP contribution in [-0.2, 0) is 4.74 Å². The number of morpholine rings is 1. The third-order valence-corrected chi connectivity index (χ3v) is 4.97. The van der Waals surface area contributed by atoms with Gasteiger partial charge in [0.2, 0.25) is 0 Å². The Labute approximate surface area is 176 Å². The Morgan fingerprint density at radius 3 is 2.61 bits per heavy atom. The Kier molecular flexibility index (Phi) is 10.4. The molecule has 0 aromatic heterocycles. The van der Waals surface area contributed by atoms with E-state index in [4.69, 9.17) is 27.9 Å². The molecule has 0 saturated carbocycles. The Morgan fingerprint density at radius 1 is 1.14 bits per heavy atom. The zero-order valence-corrected chi connectivity index (χ0v) is 17.8. The number of ether oxygens (including phenoxy) is 1. The Hall–Kier alpha value is -1.54. The number of hydrogen-bond acceptors (Lipinski definition) is 4. The van der Waals surface area contributed by atoms with Gasteiger partial charge >= 0.3 is 0 Å². The van der Waals surface area contributed by atoms with Crippen LogP contribution in [0.2, 0.25) is 10.0 Å². The van der Waals surface area contributed by atoms with Gasteiger partial charge in [0.05, 0.1) is 23.3 Å². The van der Waals surface area contributed by atoms with Crippen molar-refractivity contribution in [2.75, 3.05) is 59.0 Å². The molecule has 1 saturated heterocycles. The van der Waals surface area contributed by atoms with Gasteiger partial charge in [-0.2, -0.15) is 0 Å². The zero-order valence-electron chi connectivity index (χ0n) is 16.3. The maximum absolute atomic E-state index is 12.1. The predicted molar refractivity (Wildman–Crippen MR) is 115 cm³/mol. The van der Waals surface area contributed by atoms with Gasteiger partial charge in [-0.05, 0) is 31.5 Å². The molecule has 1 amide bonds. The molecule has 0 unspecified atom stereocenters.